The van der Waals surface area contributed by atoms with Crippen LogP contribution in [0.1, 0.15) is 35.8 Å². The van der Waals surface area contributed by atoms with Crippen molar-refractivity contribution in [3.63, 3.8) is 0 Å². The molecule has 2 aromatic rings. The Bertz CT molecular complexity index is 766. The van der Waals surface area contributed by atoms with Crippen molar-refractivity contribution in [1.29, 1.82) is 0 Å². The molecule has 0 saturated carbocycles. The molecular formula is C16H17Cl2F2N3O2. The average molecular weight is 392 g/mol. The minimum absolute atomic E-state index is 0.0421. The van der Waals surface area contributed by atoms with Crippen LogP contribution in [-0.2, 0) is 6.54 Å². The van der Waals surface area contributed by atoms with Gasteiger partial charge in [-0.3, -0.25) is 9.48 Å². The Balaban J connectivity index is 2.17. The third kappa shape index (κ3) is 4.83. The van der Waals surface area contributed by atoms with Gasteiger partial charge in [-0.25, -0.2) is 0 Å². The van der Waals surface area contributed by atoms with Gasteiger partial charge in [-0.15, -0.1) is 0 Å². The van der Waals surface area contributed by atoms with E-state index in [-0.39, 0.29) is 21.5 Å². The Morgan fingerprint density at radius 3 is 2.72 bits per heavy atom. The molecule has 0 saturated heterocycles. The largest absolute Gasteiger partial charge is 0.433 e. The van der Waals surface area contributed by atoms with Gasteiger partial charge in [0.15, 0.2) is 0 Å². The molecule has 0 aliphatic rings. The summed E-state index contributed by atoms with van der Waals surface area (Å²) in [7, 11) is 0. The van der Waals surface area contributed by atoms with Crippen molar-refractivity contribution in [1.82, 2.24) is 9.78 Å². The third-order valence-electron chi connectivity index (χ3n) is 3.42. The molecule has 0 bridgehead atoms. The van der Waals surface area contributed by atoms with Crippen molar-refractivity contribution < 1.29 is 18.3 Å². The van der Waals surface area contributed by atoms with E-state index in [1.165, 1.54) is 18.2 Å². The lowest BCUT2D eigenvalue weighted by Crippen LogP contribution is -2.13. The molecule has 1 heterocycles. The number of rotatable bonds is 7. The van der Waals surface area contributed by atoms with Gasteiger partial charge in [0.1, 0.15) is 10.9 Å². The van der Waals surface area contributed by atoms with Crippen molar-refractivity contribution in [3.8, 4) is 5.75 Å². The number of amides is 1. The van der Waals surface area contributed by atoms with E-state index < -0.39 is 12.5 Å². The van der Waals surface area contributed by atoms with Crippen LogP contribution in [0.5, 0.6) is 5.75 Å². The number of benzene rings is 1. The molecule has 0 fully saturated rings. The minimum atomic E-state index is -2.98. The van der Waals surface area contributed by atoms with E-state index in [9.17, 15) is 13.6 Å². The lowest BCUT2D eigenvalue weighted by Gasteiger charge is -2.09. The number of nitrogens with zero attached hydrogens (tertiary/aromatic N) is 2. The summed E-state index contributed by atoms with van der Waals surface area (Å²) >= 11 is 12.1. The number of hydrogen-bond donors (Lipinski definition) is 1. The van der Waals surface area contributed by atoms with Crippen LogP contribution >= 0.6 is 23.2 Å². The SMILES string of the molecule is CCCCn1nc(C)c(C(=O)Nc2ccc(OC(F)F)c(Cl)c2)c1Cl. The predicted molar refractivity (Wildman–Crippen MR) is 92.9 cm³/mol. The maximum Gasteiger partial charge on any atom is 0.387 e. The molecular weight excluding hydrogens is 375 g/mol. The van der Waals surface area contributed by atoms with E-state index in [0.717, 1.165) is 12.8 Å². The van der Waals surface area contributed by atoms with Gasteiger partial charge in [-0.1, -0.05) is 36.5 Å². The van der Waals surface area contributed by atoms with Gasteiger partial charge in [0.25, 0.3) is 5.91 Å². The lowest BCUT2D eigenvalue weighted by molar-refractivity contribution is -0.0497. The highest BCUT2D eigenvalue weighted by Gasteiger charge is 2.20. The number of ether oxygens (including phenoxy) is 1. The molecule has 0 atom stereocenters. The summed E-state index contributed by atoms with van der Waals surface area (Å²) in [6, 6.07) is 3.98. The molecule has 9 heteroatoms. The van der Waals surface area contributed by atoms with Crippen LogP contribution in [0.2, 0.25) is 10.2 Å². The average Bonchev–Trinajstić information content (AvgIpc) is 2.81. The molecule has 0 spiro atoms. The first-order valence-corrected chi connectivity index (χ1v) is 8.37. The number of nitrogens with one attached hydrogen (secondary N) is 1. The number of unbranched alkanes of at least 4 members (excludes halogenated alkanes) is 1. The van der Waals surface area contributed by atoms with Crippen LogP contribution in [0.3, 0.4) is 0 Å². The van der Waals surface area contributed by atoms with E-state index in [1.54, 1.807) is 11.6 Å². The van der Waals surface area contributed by atoms with Crippen LogP contribution in [0.15, 0.2) is 18.2 Å². The second kappa shape index (κ2) is 8.49. The van der Waals surface area contributed by atoms with Gasteiger partial charge in [-0.2, -0.15) is 13.9 Å². The van der Waals surface area contributed by atoms with Gasteiger partial charge in [-0.05, 0) is 31.5 Å². The fourth-order valence-electron chi connectivity index (χ4n) is 2.23. The molecule has 5 nitrogen and oxygen atoms in total. The monoisotopic (exact) mass is 391 g/mol. The minimum Gasteiger partial charge on any atom is -0.433 e. The lowest BCUT2D eigenvalue weighted by atomic mass is 10.2. The molecule has 1 amide bonds. The van der Waals surface area contributed by atoms with E-state index in [1.807, 2.05) is 6.92 Å². The van der Waals surface area contributed by atoms with Crippen molar-refractivity contribution >= 4 is 34.8 Å². The Labute approximate surface area is 153 Å². The highest BCUT2D eigenvalue weighted by molar-refractivity contribution is 6.34. The number of aryl methyl sites for hydroxylation is 2. The van der Waals surface area contributed by atoms with Gasteiger partial charge in [0, 0.05) is 12.2 Å². The Kier molecular flexibility index (Phi) is 6.61. The highest BCUT2D eigenvalue weighted by atomic mass is 35.5. The second-order valence-corrected chi connectivity index (χ2v) is 6.07. The summed E-state index contributed by atoms with van der Waals surface area (Å²) < 4.78 is 30.3. The first-order chi connectivity index (χ1) is 11.8. The van der Waals surface area contributed by atoms with Gasteiger partial charge in [0.2, 0.25) is 0 Å². The quantitative estimate of drug-likeness (QED) is 0.709. The molecule has 0 unspecified atom stereocenters. The molecule has 0 radical (unpaired) electrons. The fraction of sp³-hybridized carbons (Fsp3) is 0.375. The Hall–Kier alpha value is -1.86. The normalized spacial score (nSPS) is 11.0. The fourth-order valence-corrected chi connectivity index (χ4v) is 2.80. The zero-order valence-corrected chi connectivity index (χ0v) is 15.2. The standard InChI is InChI=1S/C16H17Cl2F2N3O2/c1-3-4-7-23-14(18)13(9(2)22-23)15(24)21-10-5-6-12(11(17)8-10)25-16(19)20/h5-6,8,16H,3-4,7H2,1-2H3,(H,21,24). The number of anilines is 1. The number of carbonyl (C=O) groups excluding carboxylic acids is 1. The molecule has 2 rings (SSSR count). The first-order valence-electron chi connectivity index (χ1n) is 7.62. The zero-order valence-electron chi connectivity index (χ0n) is 13.7. The first kappa shape index (κ1) is 19.5. The summed E-state index contributed by atoms with van der Waals surface area (Å²) in [5, 5.41) is 7.11. The topological polar surface area (TPSA) is 56.2 Å². The van der Waals surface area contributed by atoms with Gasteiger partial charge in [0.05, 0.1) is 16.3 Å². The maximum absolute atomic E-state index is 12.5. The summed E-state index contributed by atoms with van der Waals surface area (Å²) in [5.41, 5.74) is 1.09. The molecule has 1 N–H and O–H groups in total. The van der Waals surface area contributed by atoms with Crippen LogP contribution in [0.4, 0.5) is 14.5 Å². The van der Waals surface area contributed by atoms with Crippen LogP contribution < -0.4 is 10.1 Å². The number of halogens is 4. The van der Waals surface area contributed by atoms with Crippen molar-refractivity contribution in [2.24, 2.45) is 0 Å². The second-order valence-electron chi connectivity index (χ2n) is 5.31. The van der Waals surface area contributed by atoms with Crippen molar-refractivity contribution in [2.45, 2.75) is 39.8 Å². The number of alkyl halides is 2. The smallest absolute Gasteiger partial charge is 0.387 e. The Morgan fingerprint density at radius 1 is 1.40 bits per heavy atom. The molecule has 1 aromatic heterocycles. The third-order valence-corrected chi connectivity index (χ3v) is 4.10. The van der Waals surface area contributed by atoms with Crippen molar-refractivity contribution in [2.75, 3.05) is 5.32 Å². The van der Waals surface area contributed by atoms with Crippen LogP contribution in [-0.4, -0.2) is 22.3 Å². The number of carbonyl (C=O) groups is 1. The highest BCUT2D eigenvalue weighted by Crippen LogP contribution is 2.29. The summed E-state index contributed by atoms with van der Waals surface area (Å²) in [6.45, 7) is 1.38. The van der Waals surface area contributed by atoms with Gasteiger partial charge >= 0.3 is 6.61 Å². The summed E-state index contributed by atoms with van der Waals surface area (Å²) in [6.07, 6.45) is 1.87. The number of aromatic nitrogens is 2. The molecule has 0 aliphatic heterocycles. The van der Waals surface area contributed by atoms with E-state index >= 15 is 0 Å². The van der Waals surface area contributed by atoms with Crippen molar-refractivity contribution in [3.05, 3.63) is 39.6 Å². The van der Waals surface area contributed by atoms with E-state index in [2.05, 4.69) is 15.2 Å². The van der Waals surface area contributed by atoms with Gasteiger partial charge < -0.3 is 10.1 Å². The maximum atomic E-state index is 12.5. The Morgan fingerprint density at radius 2 is 2.12 bits per heavy atom. The van der Waals surface area contributed by atoms with Crippen LogP contribution in [0.25, 0.3) is 0 Å². The number of hydrogen-bond acceptors (Lipinski definition) is 3. The van der Waals surface area contributed by atoms with E-state index in [4.69, 9.17) is 23.2 Å². The molecule has 136 valence electrons. The summed E-state index contributed by atoms with van der Waals surface area (Å²) in [5.74, 6) is -0.625. The molecule has 0 aliphatic carbocycles. The zero-order chi connectivity index (χ0) is 18.6. The predicted octanol–water partition coefficient (Wildman–Crippen LogP) is 5.15. The van der Waals surface area contributed by atoms with Crippen LogP contribution in [0, 0.1) is 6.92 Å². The molecule has 25 heavy (non-hydrogen) atoms. The molecule has 1 aromatic carbocycles. The summed E-state index contributed by atoms with van der Waals surface area (Å²) in [4.78, 5) is 12.5. The van der Waals surface area contributed by atoms with E-state index in [0.29, 0.717) is 17.9 Å².